The van der Waals surface area contributed by atoms with E-state index in [1.165, 1.54) is 6.92 Å². The highest BCUT2D eigenvalue weighted by Crippen LogP contribution is 2.15. The number of nitrogens with two attached hydrogens (primary N) is 1. The maximum Gasteiger partial charge on any atom is 0.233 e. The van der Waals surface area contributed by atoms with Gasteiger partial charge in [0.05, 0.1) is 12.6 Å². The summed E-state index contributed by atoms with van der Waals surface area (Å²) < 4.78 is 0. The van der Waals surface area contributed by atoms with Crippen LogP contribution < -0.4 is 11.1 Å². The van der Waals surface area contributed by atoms with Crippen molar-refractivity contribution in [3.05, 3.63) is 0 Å². The molecule has 5 heteroatoms. The van der Waals surface area contributed by atoms with Gasteiger partial charge in [-0.25, -0.2) is 0 Å². The Hall–Kier alpha value is -1.10. The Morgan fingerprint density at radius 3 is 2.69 bits per heavy atom. The Bertz CT molecular complexity index is 217. The molecule has 1 fully saturated rings. The molecule has 0 bridgehead atoms. The van der Waals surface area contributed by atoms with E-state index < -0.39 is 0 Å². The number of hydrogen-bond acceptors (Lipinski definition) is 3. The fourth-order valence-electron chi connectivity index (χ4n) is 1.37. The zero-order valence-electron chi connectivity index (χ0n) is 7.75. The number of carbonyl (C=O) groups excluding carboxylic acids is 2. The average molecular weight is 185 g/mol. The van der Waals surface area contributed by atoms with Crippen LogP contribution in [0.1, 0.15) is 13.3 Å². The van der Waals surface area contributed by atoms with Gasteiger partial charge in [0.25, 0.3) is 0 Å². The SMILES string of the molecule is CC(=O)N1CCC1CNC(=O)CN. The second-order valence-corrected chi connectivity index (χ2v) is 3.16. The molecule has 13 heavy (non-hydrogen) atoms. The molecule has 0 aromatic rings. The van der Waals surface area contributed by atoms with Crippen LogP contribution in [-0.4, -0.2) is 42.4 Å². The summed E-state index contributed by atoms with van der Waals surface area (Å²) in [5.74, 6) is -0.103. The minimum absolute atomic E-state index is 0.00674. The lowest BCUT2D eigenvalue weighted by molar-refractivity contribution is -0.137. The van der Waals surface area contributed by atoms with Crippen LogP contribution in [0.25, 0.3) is 0 Å². The van der Waals surface area contributed by atoms with Crippen LogP contribution in [0.3, 0.4) is 0 Å². The summed E-state index contributed by atoms with van der Waals surface area (Å²) in [6.07, 6.45) is 0.963. The predicted octanol–water partition coefficient (Wildman–Crippen LogP) is -1.32. The van der Waals surface area contributed by atoms with Crippen molar-refractivity contribution in [2.45, 2.75) is 19.4 Å². The van der Waals surface area contributed by atoms with Crippen molar-refractivity contribution in [1.29, 1.82) is 0 Å². The fourth-order valence-corrected chi connectivity index (χ4v) is 1.37. The summed E-state index contributed by atoms with van der Waals surface area (Å²) in [7, 11) is 0. The fraction of sp³-hybridized carbons (Fsp3) is 0.750. The Morgan fingerprint density at radius 1 is 1.62 bits per heavy atom. The standard InChI is InChI=1S/C8H15N3O2/c1-6(12)11-3-2-7(11)5-10-8(13)4-9/h7H,2-5,9H2,1H3,(H,10,13). The summed E-state index contributed by atoms with van der Waals surface area (Å²) in [5.41, 5.74) is 5.12. The van der Waals surface area contributed by atoms with Crippen molar-refractivity contribution in [3.63, 3.8) is 0 Å². The van der Waals surface area contributed by atoms with E-state index in [0.717, 1.165) is 13.0 Å². The minimum Gasteiger partial charge on any atom is -0.353 e. The predicted molar refractivity (Wildman–Crippen MR) is 47.9 cm³/mol. The van der Waals surface area contributed by atoms with Gasteiger partial charge >= 0.3 is 0 Å². The molecular weight excluding hydrogens is 170 g/mol. The molecule has 0 radical (unpaired) electrons. The van der Waals surface area contributed by atoms with Gasteiger partial charge in [0, 0.05) is 20.0 Å². The number of hydrogen-bond donors (Lipinski definition) is 2. The molecule has 0 aliphatic carbocycles. The van der Waals surface area contributed by atoms with Crippen LogP contribution in [-0.2, 0) is 9.59 Å². The Kier molecular flexibility index (Phi) is 3.25. The summed E-state index contributed by atoms with van der Waals surface area (Å²) in [5, 5.41) is 2.66. The van der Waals surface area contributed by atoms with Crippen molar-refractivity contribution in [2.75, 3.05) is 19.6 Å². The zero-order valence-corrected chi connectivity index (χ0v) is 7.75. The quantitative estimate of drug-likeness (QED) is 0.572. The number of likely N-dealkylation sites (tertiary alicyclic amines) is 1. The lowest BCUT2D eigenvalue weighted by Gasteiger charge is -2.40. The molecule has 1 heterocycles. The molecule has 0 spiro atoms. The number of nitrogens with one attached hydrogen (secondary N) is 1. The summed E-state index contributed by atoms with van der Waals surface area (Å²) in [4.78, 5) is 23.5. The van der Waals surface area contributed by atoms with E-state index >= 15 is 0 Å². The molecule has 0 saturated carbocycles. The van der Waals surface area contributed by atoms with Gasteiger partial charge in [-0.05, 0) is 6.42 Å². The maximum atomic E-state index is 10.9. The van der Waals surface area contributed by atoms with Crippen LogP contribution >= 0.6 is 0 Å². The van der Waals surface area contributed by atoms with Crippen LogP contribution in [0.2, 0.25) is 0 Å². The third-order valence-corrected chi connectivity index (χ3v) is 2.27. The Morgan fingerprint density at radius 2 is 2.31 bits per heavy atom. The maximum absolute atomic E-state index is 10.9. The van der Waals surface area contributed by atoms with Gasteiger partial charge < -0.3 is 16.0 Å². The third-order valence-electron chi connectivity index (χ3n) is 2.27. The molecule has 0 aromatic heterocycles. The van der Waals surface area contributed by atoms with E-state index in [0.29, 0.717) is 6.54 Å². The van der Waals surface area contributed by atoms with Crippen molar-refractivity contribution >= 4 is 11.8 Å². The lowest BCUT2D eigenvalue weighted by atomic mass is 10.0. The first-order valence-electron chi connectivity index (χ1n) is 4.39. The average Bonchev–Trinajstić information content (AvgIpc) is 2.01. The molecule has 5 nitrogen and oxygen atoms in total. The van der Waals surface area contributed by atoms with Gasteiger partial charge in [-0.3, -0.25) is 9.59 Å². The number of rotatable bonds is 3. The van der Waals surface area contributed by atoms with Crippen LogP contribution in [0.4, 0.5) is 0 Å². The summed E-state index contributed by atoms with van der Waals surface area (Å²) in [6, 6.07) is 0.174. The van der Waals surface area contributed by atoms with Crippen LogP contribution in [0, 0.1) is 0 Å². The molecule has 1 saturated heterocycles. The number of amides is 2. The van der Waals surface area contributed by atoms with Gasteiger partial charge in [-0.15, -0.1) is 0 Å². The smallest absolute Gasteiger partial charge is 0.233 e. The van der Waals surface area contributed by atoms with E-state index in [-0.39, 0.29) is 24.4 Å². The number of carbonyl (C=O) groups is 2. The highest BCUT2D eigenvalue weighted by atomic mass is 16.2. The molecule has 1 aliphatic rings. The molecule has 1 unspecified atom stereocenters. The summed E-state index contributed by atoms with van der Waals surface area (Å²) in [6.45, 7) is 2.87. The first-order chi connectivity index (χ1) is 6.15. The summed E-state index contributed by atoms with van der Waals surface area (Å²) >= 11 is 0. The lowest BCUT2D eigenvalue weighted by Crippen LogP contribution is -2.55. The first-order valence-corrected chi connectivity index (χ1v) is 4.39. The largest absolute Gasteiger partial charge is 0.353 e. The van der Waals surface area contributed by atoms with Crippen LogP contribution in [0.5, 0.6) is 0 Å². The number of nitrogens with zero attached hydrogens (tertiary/aromatic N) is 1. The molecule has 1 atom stereocenters. The first kappa shape index (κ1) is 9.98. The van der Waals surface area contributed by atoms with E-state index in [1.54, 1.807) is 4.90 Å². The highest BCUT2D eigenvalue weighted by Gasteiger charge is 2.29. The zero-order chi connectivity index (χ0) is 9.84. The van der Waals surface area contributed by atoms with E-state index in [9.17, 15) is 9.59 Å². The van der Waals surface area contributed by atoms with Gasteiger partial charge in [0.15, 0.2) is 0 Å². The van der Waals surface area contributed by atoms with Crippen molar-refractivity contribution in [3.8, 4) is 0 Å². The minimum atomic E-state index is -0.171. The molecule has 2 amide bonds. The van der Waals surface area contributed by atoms with Gasteiger partial charge in [-0.2, -0.15) is 0 Å². The highest BCUT2D eigenvalue weighted by molar-refractivity contribution is 5.78. The van der Waals surface area contributed by atoms with E-state index in [2.05, 4.69) is 5.32 Å². The third kappa shape index (κ3) is 2.42. The van der Waals surface area contributed by atoms with Crippen molar-refractivity contribution in [2.24, 2.45) is 5.73 Å². The van der Waals surface area contributed by atoms with E-state index in [1.807, 2.05) is 0 Å². The molecule has 1 aliphatic heterocycles. The van der Waals surface area contributed by atoms with Crippen molar-refractivity contribution in [1.82, 2.24) is 10.2 Å². The van der Waals surface area contributed by atoms with Gasteiger partial charge in [-0.1, -0.05) is 0 Å². The molecule has 74 valence electrons. The molecule has 1 rings (SSSR count). The van der Waals surface area contributed by atoms with E-state index in [4.69, 9.17) is 5.73 Å². The molecule has 3 N–H and O–H groups in total. The monoisotopic (exact) mass is 185 g/mol. The topological polar surface area (TPSA) is 75.4 Å². The Labute approximate surface area is 77.3 Å². The van der Waals surface area contributed by atoms with Gasteiger partial charge in [0.2, 0.25) is 11.8 Å². The van der Waals surface area contributed by atoms with Crippen molar-refractivity contribution < 1.29 is 9.59 Å². The molecular formula is C8H15N3O2. The Balaban J connectivity index is 2.23. The van der Waals surface area contributed by atoms with Gasteiger partial charge in [0.1, 0.15) is 0 Å². The molecule has 0 aromatic carbocycles. The second-order valence-electron chi connectivity index (χ2n) is 3.16. The normalized spacial score (nSPS) is 20.8. The second kappa shape index (κ2) is 4.23. The van der Waals surface area contributed by atoms with Crippen LogP contribution in [0.15, 0.2) is 0 Å².